The highest BCUT2D eigenvalue weighted by atomic mass is 32.1. The first-order valence-electron chi connectivity index (χ1n) is 13.9. The van der Waals surface area contributed by atoms with E-state index < -0.39 is 5.82 Å². The van der Waals surface area contributed by atoms with Crippen LogP contribution < -0.4 is 10.2 Å². The number of aromatic nitrogens is 2. The maximum atomic E-state index is 14.1. The van der Waals surface area contributed by atoms with Crippen LogP contribution in [0.25, 0.3) is 10.1 Å². The average Bonchev–Trinajstić information content (AvgIpc) is 3.81. The second-order valence-electron chi connectivity index (χ2n) is 10.1. The highest BCUT2D eigenvalue weighted by Gasteiger charge is 2.22. The number of anilines is 1. The SMILES string of the molecule is N#Cc1ccc(Cn2cncc2CN(C(=O)c2cccc(F)c2)c2ccc3sc(C(=O)NCCc4cccs4)cc3c2)cc1. The third kappa shape index (κ3) is 6.59. The summed E-state index contributed by atoms with van der Waals surface area (Å²) in [6, 6.07) is 26.6. The summed E-state index contributed by atoms with van der Waals surface area (Å²) in [4.78, 5) is 34.5. The molecule has 44 heavy (non-hydrogen) atoms. The molecule has 0 aliphatic rings. The number of rotatable bonds is 10. The summed E-state index contributed by atoms with van der Waals surface area (Å²) >= 11 is 3.06. The molecule has 218 valence electrons. The summed E-state index contributed by atoms with van der Waals surface area (Å²) in [6.45, 7) is 1.22. The zero-order chi connectivity index (χ0) is 30.5. The van der Waals surface area contributed by atoms with Crippen molar-refractivity contribution in [2.75, 3.05) is 11.4 Å². The first-order chi connectivity index (χ1) is 21.5. The van der Waals surface area contributed by atoms with E-state index in [4.69, 9.17) is 5.26 Å². The number of amides is 2. The molecule has 10 heteroatoms. The monoisotopic (exact) mass is 619 g/mol. The Morgan fingerprint density at radius 2 is 1.89 bits per heavy atom. The minimum absolute atomic E-state index is 0.135. The first kappa shape index (κ1) is 29.0. The number of hydrogen-bond donors (Lipinski definition) is 1. The van der Waals surface area contributed by atoms with Crippen LogP contribution in [-0.4, -0.2) is 27.9 Å². The van der Waals surface area contributed by atoms with Gasteiger partial charge in [0.25, 0.3) is 11.8 Å². The molecule has 0 bridgehead atoms. The third-order valence-corrected chi connectivity index (χ3v) is 9.19. The second-order valence-corrected chi connectivity index (χ2v) is 12.3. The van der Waals surface area contributed by atoms with Gasteiger partial charge in [-0.25, -0.2) is 9.37 Å². The maximum Gasteiger partial charge on any atom is 0.261 e. The molecule has 1 N–H and O–H groups in total. The number of carbonyl (C=O) groups is 2. The number of carbonyl (C=O) groups excluding carboxylic acids is 2. The predicted molar refractivity (Wildman–Crippen MR) is 172 cm³/mol. The smallest absolute Gasteiger partial charge is 0.261 e. The number of nitrogens with one attached hydrogen (secondary N) is 1. The molecule has 6 rings (SSSR count). The minimum atomic E-state index is -0.496. The highest BCUT2D eigenvalue weighted by molar-refractivity contribution is 7.20. The van der Waals surface area contributed by atoms with Crippen LogP contribution in [0.4, 0.5) is 10.1 Å². The van der Waals surface area contributed by atoms with E-state index >= 15 is 0 Å². The van der Waals surface area contributed by atoms with Crippen molar-refractivity contribution in [3.05, 3.63) is 141 Å². The van der Waals surface area contributed by atoms with Crippen molar-refractivity contribution in [3.8, 4) is 6.07 Å². The van der Waals surface area contributed by atoms with Crippen molar-refractivity contribution in [2.45, 2.75) is 19.5 Å². The zero-order valence-corrected chi connectivity index (χ0v) is 25.1. The summed E-state index contributed by atoms with van der Waals surface area (Å²) in [5, 5.41) is 15.0. The molecule has 2 amide bonds. The summed E-state index contributed by atoms with van der Waals surface area (Å²) in [5.41, 5.74) is 3.16. The summed E-state index contributed by atoms with van der Waals surface area (Å²) in [5.74, 6) is -0.995. The molecule has 0 unspecified atom stereocenters. The number of thiophene rings is 2. The molecule has 3 aromatic heterocycles. The Balaban J connectivity index is 1.27. The Hall–Kier alpha value is -5.11. The van der Waals surface area contributed by atoms with Gasteiger partial charge >= 0.3 is 0 Å². The molecule has 0 fully saturated rings. The van der Waals surface area contributed by atoms with E-state index in [1.165, 1.54) is 34.4 Å². The fraction of sp³-hybridized carbons (Fsp3) is 0.118. The molecule has 3 aromatic carbocycles. The van der Waals surface area contributed by atoms with E-state index in [1.54, 1.807) is 47.0 Å². The Labute approximate surface area is 261 Å². The standard InChI is InChI=1S/C34H26FN5O2S2/c35-27-4-1-3-25(15-27)34(42)40(21-29-19-37-22-39(29)20-24-8-6-23(18-36)7-9-24)28-10-11-31-26(16-28)17-32(44-31)33(41)38-13-12-30-5-2-14-43-30/h1-11,14-17,19,22H,12-13,20-21H2,(H,38,41). The third-order valence-electron chi connectivity index (χ3n) is 7.14. The van der Waals surface area contributed by atoms with Crippen LogP contribution in [0.1, 0.15) is 41.7 Å². The van der Waals surface area contributed by atoms with Gasteiger partial charge in [-0.3, -0.25) is 9.59 Å². The fourth-order valence-electron chi connectivity index (χ4n) is 4.87. The van der Waals surface area contributed by atoms with Crippen LogP contribution in [0, 0.1) is 17.1 Å². The second kappa shape index (κ2) is 13.0. The van der Waals surface area contributed by atoms with Gasteiger partial charge in [0.2, 0.25) is 0 Å². The van der Waals surface area contributed by atoms with Crippen LogP contribution in [0.2, 0.25) is 0 Å². The molecule has 0 aliphatic heterocycles. The lowest BCUT2D eigenvalue weighted by Crippen LogP contribution is -2.31. The molecule has 0 saturated heterocycles. The van der Waals surface area contributed by atoms with Gasteiger partial charge in [0.1, 0.15) is 5.82 Å². The van der Waals surface area contributed by atoms with E-state index in [1.807, 2.05) is 52.4 Å². The van der Waals surface area contributed by atoms with Gasteiger partial charge in [-0.05, 0) is 83.4 Å². The average molecular weight is 620 g/mol. The van der Waals surface area contributed by atoms with Gasteiger partial charge < -0.3 is 14.8 Å². The van der Waals surface area contributed by atoms with Gasteiger partial charge in [0, 0.05) is 40.1 Å². The molecule has 0 atom stereocenters. The van der Waals surface area contributed by atoms with Crippen molar-refractivity contribution in [2.24, 2.45) is 0 Å². The first-order valence-corrected chi connectivity index (χ1v) is 15.6. The lowest BCUT2D eigenvalue weighted by molar-refractivity contribution is 0.0956. The van der Waals surface area contributed by atoms with Crippen molar-refractivity contribution < 1.29 is 14.0 Å². The highest BCUT2D eigenvalue weighted by Crippen LogP contribution is 2.31. The molecule has 0 radical (unpaired) electrons. The van der Waals surface area contributed by atoms with Crippen LogP contribution in [-0.2, 0) is 19.5 Å². The molecular weight excluding hydrogens is 594 g/mol. The molecule has 6 aromatic rings. The number of benzene rings is 3. The maximum absolute atomic E-state index is 14.1. The molecule has 7 nitrogen and oxygen atoms in total. The van der Waals surface area contributed by atoms with Crippen LogP contribution in [0.5, 0.6) is 0 Å². The van der Waals surface area contributed by atoms with E-state index in [2.05, 4.69) is 22.4 Å². The number of fused-ring (bicyclic) bond motifs is 1. The Kier molecular flexibility index (Phi) is 8.59. The van der Waals surface area contributed by atoms with Crippen molar-refractivity contribution in [1.29, 1.82) is 5.26 Å². The van der Waals surface area contributed by atoms with Crippen molar-refractivity contribution >= 4 is 50.3 Å². The lowest BCUT2D eigenvalue weighted by Gasteiger charge is -2.24. The zero-order valence-electron chi connectivity index (χ0n) is 23.4. The summed E-state index contributed by atoms with van der Waals surface area (Å²) in [6.07, 6.45) is 4.18. The van der Waals surface area contributed by atoms with Gasteiger partial charge in [0.05, 0.1) is 35.1 Å². The van der Waals surface area contributed by atoms with E-state index in [0.29, 0.717) is 29.2 Å². The fourth-order valence-corrected chi connectivity index (χ4v) is 6.54. The van der Waals surface area contributed by atoms with E-state index in [9.17, 15) is 14.0 Å². The predicted octanol–water partition coefficient (Wildman–Crippen LogP) is 7.04. The van der Waals surface area contributed by atoms with Crippen molar-refractivity contribution in [1.82, 2.24) is 14.9 Å². The molecule has 3 heterocycles. The summed E-state index contributed by atoms with van der Waals surface area (Å²) in [7, 11) is 0. The Morgan fingerprint density at radius 1 is 1.02 bits per heavy atom. The van der Waals surface area contributed by atoms with Crippen LogP contribution >= 0.6 is 22.7 Å². The van der Waals surface area contributed by atoms with Crippen LogP contribution in [0.3, 0.4) is 0 Å². The van der Waals surface area contributed by atoms with E-state index in [-0.39, 0.29) is 23.9 Å². The Bertz CT molecular complexity index is 1970. The number of nitriles is 1. The number of nitrogens with zero attached hydrogens (tertiary/aromatic N) is 4. The number of imidazole rings is 1. The van der Waals surface area contributed by atoms with Gasteiger partial charge in [-0.15, -0.1) is 22.7 Å². The van der Waals surface area contributed by atoms with Gasteiger partial charge in [-0.1, -0.05) is 24.3 Å². The lowest BCUT2D eigenvalue weighted by atomic mass is 10.1. The molecule has 0 spiro atoms. The van der Waals surface area contributed by atoms with Gasteiger partial charge in [0.15, 0.2) is 0 Å². The van der Waals surface area contributed by atoms with Gasteiger partial charge in [-0.2, -0.15) is 5.26 Å². The Morgan fingerprint density at radius 3 is 2.66 bits per heavy atom. The quantitative estimate of drug-likeness (QED) is 0.178. The number of halogens is 1. The molecular formula is C34H26FN5O2S2. The summed E-state index contributed by atoms with van der Waals surface area (Å²) < 4.78 is 17.0. The normalized spacial score (nSPS) is 10.9. The largest absolute Gasteiger partial charge is 0.351 e. The minimum Gasteiger partial charge on any atom is -0.351 e. The molecule has 0 saturated carbocycles. The van der Waals surface area contributed by atoms with Crippen LogP contribution in [0.15, 0.2) is 103 Å². The van der Waals surface area contributed by atoms with E-state index in [0.717, 1.165) is 27.8 Å². The number of hydrogen-bond acceptors (Lipinski definition) is 6. The molecule has 0 aliphatic carbocycles. The topological polar surface area (TPSA) is 91.0 Å². The van der Waals surface area contributed by atoms with Crippen molar-refractivity contribution in [3.63, 3.8) is 0 Å².